The monoisotopic (exact) mass is 1190 g/mol. The Morgan fingerprint density at radius 1 is 0.575 bits per heavy atom. The zero-order valence-corrected chi connectivity index (χ0v) is 46.3. The van der Waals surface area contributed by atoms with Crippen molar-refractivity contribution in [2.45, 2.75) is 177 Å². The normalized spacial score (nSPS) is 30.7. The summed E-state index contributed by atoms with van der Waals surface area (Å²) in [5.41, 5.74) is -1.35. The molecule has 0 aromatic rings. The Kier molecular flexibility index (Phi) is 18.7. The molecule has 8 rings (SSSR count). The molecule has 2 heterocycles. The summed E-state index contributed by atoms with van der Waals surface area (Å²) in [6.45, 7) is 5.04. The van der Waals surface area contributed by atoms with Gasteiger partial charge in [0.25, 0.3) is 0 Å². The minimum atomic E-state index is -6.08. The number of esters is 8. The minimum Gasteiger partial charge on any atom is -0.743 e. The van der Waals surface area contributed by atoms with E-state index in [9.17, 15) is 81.9 Å². The molecule has 0 spiro atoms. The summed E-state index contributed by atoms with van der Waals surface area (Å²) in [5.74, 6) is -11.2. The van der Waals surface area contributed by atoms with Gasteiger partial charge in [0.1, 0.15) is 62.0 Å². The molecule has 0 aromatic heterocycles. The Morgan fingerprint density at radius 3 is 1.29 bits per heavy atom. The number of fused-ring (bicyclic) bond motifs is 2. The van der Waals surface area contributed by atoms with E-state index in [0.29, 0.717) is 39.5 Å². The van der Waals surface area contributed by atoms with Gasteiger partial charge in [-0.3, -0.25) is 19.2 Å². The van der Waals surface area contributed by atoms with Gasteiger partial charge in [0, 0.05) is 23.7 Å². The van der Waals surface area contributed by atoms with E-state index in [0.717, 1.165) is 51.4 Å². The smallest absolute Gasteiger partial charge is 0.370 e. The molecule has 14 atom stereocenters. The van der Waals surface area contributed by atoms with E-state index in [-0.39, 0.29) is 23.7 Å². The fourth-order valence-corrected chi connectivity index (χ4v) is 14.5. The van der Waals surface area contributed by atoms with Gasteiger partial charge in [0.2, 0.25) is 0 Å². The summed E-state index contributed by atoms with van der Waals surface area (Å²) >= 11 is 0. The molecule has 8 aliphatic rings. The van der Waals surface area contributed by atoms with Crippen LogP contribution >= 0.6 is 0 Å². The fourth-order valence-electron chi connectivity index (χ4n) is 13.6. The molecule has 0 radical (unpaired) electrons. The van der Waals surface area contributed by atoms with Gasteiger partial charge in [-0.1, -0.05) is 39.5 Å². The Morgan fingerprint density at radius 2 is 0.925 bits per heavy atom. The third-order valence-corrected chi connectivity index (χ3v) is 19.6. The maximum absolute atomic E-state index is 13.6. The standard InChI is InChI=1S/C26H36F2O12S.C24H32F2O12S/c1-4-25(5-2,14-8-6-7-9-14)40-24(32)20-16-10-15-19(20)23(31)39-22(15)21(16)38-18(30)12-36-11-17(29)37-13(3)26(27,28)41(33,34)35;1-11(24(25,26)39(31,32)33)35-15(27)9-34-10-16(28)36-19-14-8-13-17(21(29)37-20(13)19)18(14)22(30)38-23(2,3)12-6-4-5-7-12/h13-16,19-22H,4-12H2,1-3H3,(H,33,34,35);11-14,17-20H,4-10H2,1-3H3,(H,31,32,33)/p-2. The van der Waals surface area contributed by atoms with E-state index in [1.54, 1.807) is 0 Å². The number of alkyl halides is 4. The highest BCUT2D eigenvalue weighted by atomic mass is 32.2. The van der Waals surface area contributed by atoms with Gasteiger partial charge < -0.3 is 56.5 Å². The molecule has 80 heavy (non-hydrogen) atoms. The van der Waals surface area contributed by atoms with Crippen LogP contribution in [-0.4, -0.2) is 158 Å². The predicted octanol–water partition coefficient (Wildman–Crippen LogP) is 3.39. The number of carbonyl (C=O) groups is 8. The fraction of sp³-hybridized carbons (Fsp3) is 0.840. The van der Waals surface area contributed by atoms with Crippen molar-refractivity contribution in [3.63, 3.8) is 0 Å². The quantitative estimate of drug-likeness (QED) is 0.0578. The van der Waals surface area contributed by atoms with Crippen LogP contribution in [0.4, 0.5) is 17.6 Å². The van der Waals surface area contributed by atoms with Crippen molar-refractivity contribution >= 4 is 68.0 Å². The number of hydrogen-bond donors (Lipinski definition) is 0. The van der Waals surface area contributed by atoms with E-state index in [2.05, 4.69) is 9.47 Å². The second kappa shape index (κ2) is 23.8. The topological polar surface area (TPSA) is 343 Å². The minimum absolute atomic E-state index is 0.208. The molecule has 0 aromatic carbocycles. The van der Waals surface area contributed by atoms with Crippen LogP contribution in [0.2, 0.25) is 0 Å². The van der Waals surface area contributed by atoms with Crippen molar-refractivity contribution in [3.05, 3.63) is 0 Å². The molecule has 30 heteroatoms. The first kappa shape index (κ1) is 62.8. The van der Waals surface area contributed by atoms with Crippen molar-refractivity contribution in [2.75, 3.05) is 26.4 Å². The van der Waals surface area contributed by atoms with Crippen LogP contribution < -0.4 is 0 Å². The molecule has 8 fully saturated rings. The average Bonchev–Trinajstić information content (AvgIpc) is 4.24. The van der Waals surface area contributed by atoms with Crippen molar-refractivity contribution in [1.82, 2.24) is 0 Å². The molecule has 0 N–H and O–H groups in total. The van der Waals surface area contributed by atoms with Crippen LogP contribution in [0.25, 0.3) is 0 Å². The number of hydrogen-bond acceptors (Lipinski definition) is 24. The summed E-state index contributed by atoms with van der Waals surface area (Å²) in [5, 5.41) is -9.72. The van der Waals surface area contributed by atoms with Gasteiger partial charge in [0.05, 0.1) is 23.7 Å². The van der Waals surface area contributed by atoms with E-state index >= 15 is 0 Å². The lowest BCUT2D eigenvalue weighted by molar-refractivity contribution is -0.182. The number of rotatable bonds is 24. The highest BCUT2D eigenvalue weighted by Gasteiger charge is 2.72. The van der Waals surface area contributed by atoms with Crippen molar-refractivity contribution in [3.8, 4) is 0 Å². The summed E-state index contributed by atoms with van der Waals surface area (Å²) in [6.07, 6.45) is 1.68. The maximum atomic E-state index is 13.6. The maximum Gasteiger partial charge on any atom is 0.370 e. The Bertz CT molecular complexity index is 2620. The van der Waals surface area contributed by atoms with Crippen LogP contribution in [0.3, 0.4) is 0 Å². The lowest BCUT2D eigenvalue weighted by atomic mass is 9.77. The predicted molar refractivity (Wildman–Crippen MR) is 252 cm³/mol. The summed E-state index contributed by atoms with van der Waals surface area (Å²) in [7, 11) is -12.2. The number of carbonyl (C=O) groups excluding carboxylic acids is 8. The molecule has 24 nitrogen and oxygen atoms in total. The lowest BCUT2D eigenvalue weighted by Gasteiger charge is -2.39. The molecule has 2 saturated heterocycles. The van der Waals surface area contributed by atoms with Gasteiger partial charge in [0.15, 0.2) is 32.4 Å². The highest BCUT2D eigenvalue weighted by Crippen LogP contribution is 2.61. The van der Waals surface area contributed by atoms with Crippen LogP contribution in [0.15, 0.2) is 0 Å². The Balaban J connectivity index is 0.000000231. The largest absolute Gasteiger partial charge is 0.743 e. The number of halogens is 4. The first-order chi connectivity index (χ1) is 37.2. The average molecular weight is 1190 g/mol. The first-order valence-corrected chi connectivity index (χ1v) is 29.5. The molecule has 4 bridgehead atoms. The third kappa shape index (κ3) is 12.4. The molecular weight excluding hydrogens is 1120 g/mol. The lowest BCUT2D eigenvalue weighted by Crippen LogP contribution is -2.48. The Hall–Kier alpha value is -4.78. The van der Waals surface area contributed by atoms with Crippen molar-refractivity contribution in [1.29, 1.82) is 0 Å². The molecule has 6 saturated carbocycles. The van der Waals surface area contributed by atoms with E-state index in [1.165, 1.54) is 0 Å². The van der Waals surface area contributed by atoms with E-state index < -0.39 is 188 Å². The second-order valence-corrected chi connectivity index (χ2v) is 25.3. The van der Waals surface area contributed by atoms with Gasteiger partial charge >= 0.3 is 58.3 Å². The summed E-state index contributed by atoms with van der Waals surface area (Å²) < 4.78 is 170. The number of ether oxygens (including phenoxy) is 10. The summed E-state index contributed by atoms with van der Waals surface area (Å²) in [4.78, 5) is 100. The van der Waals surface area contributed by atoms with Gasteiger partial charge in [-0.2, -0.15) is 17.6 Å². The van der Waals surface area contributed by atoms with E-state index in [4.69, 9.17) is 37.9 Å². The van der Waals surface area contributed by atoms with Gasteiger partial charge in [-0.05, 0) is 90.9 Å². The first-order valence-electron chi connectivity index (χ1n) is 26.7. The van der Waals surface area contributed by atoms with Crippen LogP contribution in [0.1, 0.15) is 119 Å². The zero-order valence-electron chi connectivity index (χ0n) is 44.7. The van der Waals surface area contributed by atoms with Gasteiger partial charge in [-0.25, -0.2) is 36.0 Å². The van der Waals surface area contributed by atoms with E-state index in [1.807, 2.05) is 27.7 Å². The van der Waals surface area contributed by atoms with Crippen LogP contribution in [0, 0.1) is 59.2 Å². The van der Waals surface area contributed by atoms with Crippen LogP contribution in [-0.2, 0) is 106 Å². The molecule has 0 amide bonds. The molecule has 452 valence electrons. The highest BCUT2D eigenvalue weighted by molar-refractivity contribution is 7.87. The molecule has 2 aliphatic heterocycles. The zero-order chi connectivity index (χ0) is 59.2. The molecule has 14 unspecified atom stereocenters. The third-order valence-electron chi connectivity index (χ3n) is 17.6. The van der Waals surface area contributed by atoms with Gasteiger partial charge in [-0.15, -0.1) is 0 Å². The van der Waals surface area contributed by atoms with Crippen LogP contribution in [0.5, 0.6) is 0 Å². The summed E-state index contributed by atoms with van der Waals surface area (Å²) in [6, 6.07) is 0. The SMILES string of the molecule is CC(OC(=O)COCC(=O)OC1C2CC3C1OC(=O)C3C2C(=O)OC(C)(C)C1CCCC1)C(F)(F)S(=O)(=O)[O-].CCC(CC)(OC(=O)C1C2CC3C(OC(=O)C31)C2OC(=O)COCC(=O)OC(C)C(F)(F)S(=O)(=O)[O-])C1CCCC1. The second-order valence-electron chi connectivity index (χ2n) is 22.4. The Labute approximate surface area is 458 Å². The van der Waals surface area contributed by atoms with Crippen molar-refractivity contribution in [2.24, 2.45) is 59.2 Å². The molecule has 6 aliphatic carbocycles. The molecular formula is C50H66F4O24S2-2. The van der Waals surface area contributed by atoms with Crippen molar-refractivity contribution < 1.29 is 129 Å².